The Morgan fingerprint density at radius 1 is 0.400 bits per heavy atom. The monoisotopic (exact) mass is 512 g/mol. The molecule has 0 aliphatic carbocycles. The summed E-state index contributed by atoms with van der Waals surface area (Å²) in [7, 11) is 0. The van der Waals surface area contributed by atoms with Crippen molar-refractivity contribution in [3.63, 3.8) is 0 Å². The van der Waals surface area contributed by atoms with Crippen LogP contribution in [0.1, 0.15) is 0 Å². The molecule has 6 heteroatoms. The Bertz CT molecular complexity index is 2090. The topological polar surface area (TPSA) is 77.3 Å². The fourth-order valence-corrected chi connectivity index (χ4v) is 5.39. The minimum Gasteiger partial charge on any atom is -0.254 e. The van der Waals surface area contributed by atoms with Gasteiger partial charge in [0, 0.05) is 63.0 Å². The predicted octanol–water partition coefficient (Wildman–Crippen LogP) is 7.67. The number of rotatable bonds is 3. The van der Waals surface area contributed by atoms with Crippen LogP contribution in [0.15, 0.2) is 122 Å². The van der Waals surface area contributed by atoms with E-state index in [1.807, 2.05) is 67.0 Å². The molecule has 0 aliphatic rings. The standard InChI is InChI=1S/C34H20N6/c1-2-6-23(7-3-1)34-39-28(24-14-18-37-32-26(24)12-10-21-8-4-16-35-30(21)32)20-29(40-34)25-15-19-38-33-27(25)13-11-22-9-5-17-36-31(22)33/h1-20H. The summed E-state index contributed by atoms with van der Waals surface area (Å²) < 4.78 is 0. The molecule has 40 heavy (non-hydrogen) atoms. The number of benzene rings is 3. The van der Waals surface area contributed by atoms with Gasteiger partial charge in [0.25, 0.3) is 0 Å². The average molecular weight is 513 g/mol. The Hall–Kier alpha value is -5.62. The largest absolute Gasteiger partial charge is 0.254 e. The Kier molecular flexibility index (Phi) is 5.03. The van der Waals surface area contributed by atoms with E-state index in [1.165, 1.54) is 0 Å². The first kappa shape index (κ1) is 22.4. The lowest BCUT2D eigenvalue weighted by Gasteiger charge is -2.13. The lowest BCUT2D eigenvalue weighted by molar-refractivity contribution is 1.18. The lowest BCUT2D eigenvalue weighted by atomic mass is 10.00. The van der Waals surface area contributed by atoms with Gasteiger partial charge in [0.1, 0.15) is 0 Å². The van der Waals surface area contributed by atoms with Gasteiger partial charge in [-0.2, -0.15) is 0 Å². The normalized spacial score (nSPS) is 11.5. The van der Waals surface area contributed by atoms with Crippen molar-refractivity contribution in [1.82, 2.24) is 29.9 Å². The van der Waals surface area contributed by atoms with E-state index in [0.717, 1.165) is 71.7 Å². The van der Waals surface area contributed by atoms with E-state index < -0.39 is 0 Å². The molecular weight excluding hydrogens is 492 g/mol. The number of fused-ring (bicyclic) bond motifs is 6. The summed E-state index contributed by atoms with van der Waals surface area (Å²) in [6.45, 7) is 0. The van der Waals surface area contributed by atoms with Crippen LogP contribution in [0.2, 0.25) is 0 Å². The van der Waals surface area contributed by atoms with Crippen molar-refractivity contribution in [2.45, 2.75) is 0 Å². The van der Waals surface area contributed by atoms with E-state index in [4.69, 9.17) is 19.9 Å². The maximum Gasteiger partial charge on any atom is 0.160 e. The molecule has 0 unspecified atom stereocenters. The lowest BCUT2D eigenvalue weighted by Crippen LogP contribution is -1.98. The van der Waals surface area contributed by atoms with E-state index >= 15 is 0 Å². The summed E-state index contributed by atoms with van der Waals surface area (Å²) in [6, 6.07) is 32.5. The second-order valence-corrected chi connectivity index (χ2v) is 9.62. The molecule has 0 aliphatic heterocycles. The fraction of sp³-hybridized carbons (Fsp3) is 0. The first-order chi connectivity index (χ1) is 19.8. The molecule has 0 amide bonds. The molecule has 0 saturated carbocycles. The maximum absolute atomic E-state index is 5.07. The number of pyridine rings is 4. The Labute approximate surface area is 229 Å². The van der Waals surface area contributed by atoms with Crippen molar-refractivity contribution in [3.8, 4) is 33.9 Å². The van der Waals surface area contributed by atoms with Gasteiger partial charge < -0.3 is 0 Å². The van der Waals surface area contributed by atoms with Crippen LogP contribution in [0, 0.1) is 0 Å². The summed E-state index contributed by atoms with van der Waals surface area (Å²) in [6.07, 6.45) is 7.27. The molecule has 0 bridgehead atoms. The second kappa shape index (κ2) is 8.99. The third-order valence-corrected chi connectivity index (χ3v) is 7.28. The molecule has 0 spiro atoms. The minimum absolute atomic E-state index is 0.654. The van der Waals surface area contributed by atoms with E-state index in [2.05, 4.69) is 52.4 Å². The summed E-state index contributed by atoms with van der Waals surface area (Å²) in [5.74, 6) is 0.654. The van der Waals surface area contributed by atoms with Crippen LogP contribution in [-0.2, 0) is 0 Å². The van der Waals surface area contributed by atoms with Gasteiger partial charge in [-0.1, -0.05) is 66.7 Å². The summed E-state index contributed by atoms with van der Waals surface area (Å²) >= 11 is 0. The number of hydrogen-bond acceptors (Lipinski definition) is 6. The molecule has 8 aromatic rings. The zero-order valence-electron chi connectivity index (χ0n) is 21.2. The molecule has 6 nitrogen and oxygen atoms in total. The van der Waals surface area contributed by atoms with Gasteiger partial charge in [0.2, 0.25) is 0 Å². The molecule has 186 valence electrons. The number of nitrogens with zero attached hydrogens (tertiary/aromatic N) is 6. The third kappa shape index (κ3) is 3.58. The van der Waals surface area contributed by atoms with E-state index in [1.54, 1.807) is 12.4 Å². The highest BCUT2D eigenvalue weighted by atomic mass is 14.9. The SMILES string of the molecule is c1ccc(-c2nc(-c3ccnc4c3ccc3cccnc34)cc(-c3ccnc4c3ccc3cccnc34)n2)cc1. The van der Waals surface area contributed by atoms with E-state index in [0.29, 0.717) is 5.82 Å². The molecule has 3 aromatic carbocycles. The average Bonchev–Trinajstić information content (AvgIpc) is 3.04. The van der Waals surface area contributed by atoms with Gasteiger partial charge in [-0.15, -0.1) is 0 Å². The van der Waals surface area contributed by atoms with Crippen LogP contribution in [0.25, 0.3) is 77.5 Å². The predicted molar refractivity (Wildman–Crippen MR) is 160 cm³/mol. The highest BCUT2D eigenvalue weighted by Crippen LogP contribution is 2.35. The Balaban J connectivity index is 1.42. The highest BCUT2D eigenvalue weighted by Gasteiger charge is 2.16. The van der Waals surface area contributed by atoms with Crippen molar-refractivity contribution in [2.75, 3.05) is 0 Å². The van der Waals surface area contributed by atoms with Gasteiger partial charge in [-0.3, -0.25) is 19.9 Å². The first-order valence-electron chi connectivity index (χ1n) is 13.0. The first-order valence-corrected chi connectivity index (χ1v) is 13.0. The zero-order chi connectivity index (χ0) is 26.5. The third-order valence-electron chi connectivity index (χ3n) is 7.28. The molecule has 0 N–H and O–H groups in total. The maximum atomic E-state index is 5.07. The zero-order valence-corrected chi connectivity index (χ0v) is 21.2. The van der Waals surface area contributed by atoms with Crippen LogP contribution >= 0.6 is 0 Å². The number of hydrogen-bond donors (Lipinski definition) is 0. The number of aromatic nitrogens is 6. The van der Waals surface area contributed by atoms with Crippen LogP contribution in [0.3, 0.4) is 0 Å². The van der Waals surface area contributed by atoms with Gasteiger partial charge in [-0.25, -0.2) is 9.97 Å². The smallest absolute Gasteiger partial charge is 0.160 e. The molecule has 0 radical (unpaired) electrons. The molecule has 8 rings (SSSR count). The van der Waals surface area contributed by atoms with Crippen LogP contribution < -0.4 is 0 Å². The van der Waals surface area contributed by atoms with Crippen LogP contribution in [-0.4, -0.2) is 29.9 Å². The van der Waals surface area contributed by atoms with Crippen molar-refractivity contribution in [3.05, 3.63) is 122 Å². The van der Waals surface area contributed by atoms with E-state index in [9.17, 15) is 0 Å². The molecular formula is C34H20N6. The highest BCUT2D eigenvalue weighted by molar-refractivity contribution is 6.09. The summed E-state index contributed by atoms with van der Waals surface area (Å²) in [4.78, 5) is 28.8. The van der Waals surface area contributed by atoms with Crippen molar-refractivity contribution in [2.24, 2.45) is 0 Å². The molecule has 0 fully saturated rings. The summed E-state index contributed by atoms with van der Waals surface area (Å²) in [5, 5.41) is 4.09. The second-order valence-electron chi connectivity index (χ2n) is 9.62. The quantitative estimate of drug-likeness (QED) is 0.226. The van der Waals surface area contributed by atoms with Gasteiger partial charge in [0.15, 0.2) is 5.82 Å². The fourth-order valence-electron chi connectivity index (χ4n) is 5.39. The van der Waals surface area contributed by atoms with Gasteiger partial charge >= 0.3 is 0 Å². The Morgan fingerprint density at radius 3 is 1.48 bits per heavy atom. The molecule has 5 aromatic heterocycles. The van der Waals surface area contributed by atoms with E-state index in [-0.39, 0.29) is 0 Å². The van der Waals surface area contributed by atoms with Crippen molar-refractivity contribution in [1.29, 1.82) is 0 Å². The van der Waals surface area contributed by atoms with Crippen molar-refractivity contribution < 1.29 is 0 Å². The summed E-state index contributed by atoms with van der Waals surface area (Å²) in [5.41, 5.74) is 7.98. The van der Waals surface area contributed by atoms with Gasteiger partial charge in [0.05, 0.1) is 33.5 Å². The Morgan fingerprint density at radius 2 is 0.925 bits per heavy atom. The van der Waals surface area contributed by atoms with Gasteiger partial charge in [-0.05, 0) is 30.3 Å². The van der Waals surface area contributed by atoms with Crippen LogP contribution in [0.5, 0.6) is 0 Å². The van der Waals surface area contributed by atoms with Crippen molar-refractivity contribution >= 4 is 43.6 Å². The molecule has 5 heterocycles. The molecule has 0 saturated heterocycles. The van der Waals surface area contributed by atoms with Crippen LogP contribution in [0.4, 0.5) is 0 Å². The molecule has 0 atom stereocenters. The minimum atomic E-state index is 0.654.